The van der Waals surface area contributed by atoms with Crippen LogP contribution in [0.15, 0.2) is 6.07 Å². The van der Waals surface area contributed by atoms with Gasteiger partial charge in [-0.15, -0.1) is 0 Å². The van der Waals surface area contributed by atoms with Crippen LogP contribution < -0.4 is 0 Å². The highest BCUT2D eigenvalue weighted by molar-refractivity contribution is 5.72. The van der Waals surface area contributed by atoms with E-state index in [-0.39, 0.29) is 6.29 Å². The summed E-state index contributed by atoms with van der Waals surface area (Å²) in [5, 5.41) is 8.38. The van der Waals surface area contributed by atoms with Gasteiger partial charge in [-0.25, -0.2) is 18.2 Å². The number of halogens is 3. The molecule has 0 saturated carbocycles. The second-order valence-electron chi connectivity index (χ2n) is 2.32. The highest BCUT2D eigenvalue weighted by Gasteiger charge is 2.18. The topological polar surface area (TPSA) is 53.8 Å². The molecule has 0 saturated heterocycles. The van der Waals surface area contributed by atoms with Gasteiger partial charge in [-0.2, -0.15) is 5.26 Å². The quantitative estimate of drug-likeness (QED) is 0.684. The number of aromatic nitrogens is 1. The molecule has 6 heteroatoms. The number of carbonyl (C=O) groups is 1. The molecule has 1 heterocycles. The number of nitriles is 1. The smallest absolute Gasteiger partial charge is 0.281 e. The second-order valence-corrected chi connectivity index (χ2v) is 2.32. The first-order valence-electron chi connectivity index (χ1n) is 3.44. The molecular weight excluding hydrogens is 197 g/mol. The Kier molecular flexibility index (Phi) is 2.82. The van der Waals surface area contributed by atoms with Crippen molar-refractivity contribution < 1.29 is 18.0 Å². The predicted molar refractivity (Wildman–Crippen MR) is 39.3 cm³/mol. The SMILES string of the molecule is N#Cc1cc(F)c(C=O)nc1C(F)F. The second kappa shape index (κ2) is 3.87. The van der Waals surface area contributed by atoms with Crippen LogP contribution in [0.3, 0.4) is 0 Å². The van der Waals surface area contributed by atoms with Crippen molar-refractivity contribution >= 4 is 6.29 Å². The molecule has 0 spiro atoms. The Bertz CT molecular complexity index is 412. The molecule has 0 radical (unpaired) electrons. The molecule has 0 amide bonds. The fourth-order valence-electron chi connectivity index (χ4n) is 0.857. The van der Waals surface area contributed by atoms with Crippen molar-refractivity contribution in [3.8, 4) is 6.07 Å². The van der Waals surface area contributed by atoms with Crippen molar-refractivity contribution in [1.82, 2.24) is 4.98 Å². The van der Waals surface area contributed by atoms with Gasteiger partial charge < -0.3 is 0 Å². The van der Waals surface area contributed by atoms with Gasteiger partial charge in [0.2, 0.25) is 0 Å². The Hall–Kier alpha value is -1.90. The normalized spacial score (nSPS) is 9.93. The highest BCUT2D eigenvalue weighted by atomic mass is 19.3. The molecule has 72 valence electrons. The van der Waals surface area contributed by atoms with Gasteiger partial charge in [0.05, 0.1) is 5.56 Å². The van der Waals surface area contributed by atoms with E-state index in [4.69, 9.17) is 5.26 Å². The van der Waals surface area contributed by atoms with Gasteiger partial charge in [0, 0.05) is 0 Å². The first-order valence-corrected chi connectivity index (χ1v) is 3.44. The lowest BCUT2D eigenvalue weighted by Crippen LogP contribution is -2.02. The van der Waals surface area contributed by atoms with Gasteiger partial charge >= 0.3 is 0 Å². The summed E-state index contributed by atoms with van der Waals surface area (Å²) >= 11 is 0. The van der Waals surface area contributed by atoms with E-state index in [0.717, 1.165) is 0 Å². The van der Waals surface area contributed by atoms with Crippen molar-refractivity contribution in [3.63, 3.8) is 0 Å². The van der Waals surface area contributed by atoms with E-state index in [2.05, 4.69) is 4.98 Å². The highest BCUT2D eigenvalue weighted by Crippen LogP contribution is 2.21. The molecule has 14 heavy (non-hydrogen) atoms. The summed E-state index contributed by atoms with van der Waals surface area (Å²) in [4.78, 5) is 13.2. The number of carbonyl (C=O) groups excluding carboxylic acids is 1. The molecule has 0 aliphatic heterocycles. The lowest BCUT2D eigenvalue weighted by atomic mass is 10.2. The lowest BCUT2D eigenvalue weighted by Gasteiger charge is -2.02. The molecule has 0 aliphatic carbocycles. The average molecular weight is 200 g/mol. The van der Waals surface area contributed by atoms with Gasteiger partial charge in [0.25, 0.3) is 6.43 Å². The number of alkyl halides is 2. The molecular formula is C8H3F3N2O. The number of nitrogens with zero attached hydrogens (tertiary/aromatic N) is 2. The summed E-state index contributed by atoms with van der Waals surface area (Å²) in [6.45, 7) is 0. The maximum atomic E-state index is 12.8. The Labute approximate surface area is 76.8 Å². The fraction of sp³-hybridized carbons (Fsp3) is 0.125. The molecule has 1 aromatic heterocycles. The van der Waals surface area contributed by atoms with Crippen molar-refractivity contribution in [2.24, 2.45) is 0 Å². The summed E-state index contributed by atoms with van der Waals surface area (Å²) in [6, 6.07) is 1.94. The number of pyridine rings is 1. The van der Waals surface area contributed by atoms with E-state index in [9.17, 15) is 18.0 Å². The first kappa shape index (κ1) is 10.2. The number of rotatable bonds is 2. The molecule has 0 unspecified atom stereocenters. The number of hydrogen-bond acceptors (Lipinski definition) is 3. The summed E-state index contributed by atoms with van der Waals surface area (Å²) in [7, 11) is 0. The molecule has 0 fully saturated rings. The van der Waals surface area contributed by atoms with Crippen LogP contribution in [0.1, 0.15) is 28.2 Å². The third kappa shape index (κ3) is 1.71. The monoisotopic (exact) mass is 200 g/mol. The zero-order valence-electron chi connectivity index (χ0n) is 6.67. The van der Waals surface area contributed by atoms with Crippen molar-refractivity contribution in [2.45, 2.75) is 6.43 Å². The van der Waals surface area contributed by atoms with Crippen molar-refractivity contribution in [2.75, 3.05) is 0 Å². The van der Waals surface area contributed by atoms with E-state index >= 15 is 0 Å². The molecule has 1 rings (SSSR count). The molecule has 0 bridgehead atoms. The average Bonchev–Trinajstić information content (AvgIpc) is 2.16. The van der Waals surface area contributed by atoms with Gasteiger partial charge in [-0.05, 0) is 6.07 Å². The maximum Gasteiger partial charge on any atom is 0.281 e. The van der Waals surface area contributed by atoms with E-state index in [1.165, 1.54) is 6.07 Å². The van der Waals surface area contributed by atoms with E-state index in [1.807, 2.05) is 0 Å². The van der Waals surface area contributed by atoms with Crippen LogP contribution in [-0.4, -0.2) is 11.3 Å². The minimum Gasteiger partial charge on any atom is -0.296 e. The molecule has 0 N–H and O–H groups in total. The van der Waals surface area contributed by atoms with Gasteiger partial charge in [-0.3, -0.25) is 4.79 Å². The molecule has 0 aliphatic rings. The Balaban J connectivity index is 3.41. The minimum absolute atomic E-state index is 0.0162. The third-order valence-electron chi connectivity index (χ3n) is 1.47. The first-order chi connectivity index (χ1) is 6.60. The van der Waals surface area contributed by atoms with Gasteiger partial charge in [0.1, 0.15) is 17.5 Å². The minimum atomic E-state index is -3.01. The Morgan fingerprint density at radius 2 is 2.21 bits per heavy atom. The van der Waals surface area contributed by atoms with E-state index in [1.54, 1.807) is 0 Å². The summed E-state index contributed by atoms with van der Waals surface area (Å²) < 4.78 is 37.2. The summed E-state index contributed by atoms with van der Waals surface area (Å²) in [6.07, 6.45) is -2.99. The fourth-order valence-corrected chi connectivity index (χ4v) is 0.857. The Morgan fingerprint density at radius 1 is 1.57 bits per heavy atom. The maximum absolute atomic E-state index is 12.8. The van der Waals surface area contributed by atoms with Crippen LogP contribution in [0.4, 0.5) is 13.2 Å². The zero-order chi connectivity index (χ0) is 10.7. The van der Waals surface area contributed by atoms with Crippen molar-refractivity contribution in [3.05, 3.63) is 28.8 Å². The van der Waals surface area contributed by atoms with Crippen LogP contribution in [0, 0.1) is 17.1 Å². The van der Waals surface area contributed by atoms with Crippen LogP contribution in [0.5, 0.6) is 0 Å². The van der Waals surface area contributed by atoms with Gasteiger partial charge in [0.15, 0.2) is 12.1 Å². The molecule has 0 atom stereocenters. The number of hydrogen-bond donors (Lipinski definition) is 0. The Morgan fingerprint density at radius 3 is 2.64 bits per heavy atom. The lowest BCUT2D eigenvalue weighted by molar-refractivity contribution is 0.111. The molecule has 0 aromatic carbocycles. The third-order valence-corrected chi connectivity index (χ3v) is 1.47. The number of aldehydes is 1. The van der Waals surface area contributed by atoms with Crippen LogP contribution >= 0.6 is 0 Å². The van der Waals surface area contributed by atoms with Gasteiger partial charge in [-0.1, -0.05) is 0 Å². The zero-order valence-corrected chi connectivity index (χ0v) is 6.67. The van der Waals surface area contributed by atoms with E-state index in [0.29, 0.717) is 6.07 Å². The van der Waals surface area contributed by atoms with Crippen LogP contribution in [-0.2, 0) is 0 Å². The molecule has 3 nitrogen and oxygen atoms in total. The standard InChI is InChI=1S/C8H3F3N2O/c9-5-1-4(2-12)7(8(10)11)13-6(5)3-14/h1,3,8H. The predicted octanol–water partition coefficient (Wildman–Crippen LogP) is 1.84. The summed E-state index contributed by atoms with van der Waals surface area (Å²) in [5.74, 6) is -1.08. The van der Waals surface area contributed by atoms with Crippen LogP contribution in [0.25, 0.3) is 0 Å². The molecule has 1 aromatic rings. The van der Waals surface area contributed by atoms with Crippen molar-refractivity contribution in [1.29, 1.82) is 5.26 Å². The van der Waals surface area contributed by atoms with Crippen LogP contribution in [0.2, 0.25) is 0 Å². The largest absolute Gasteiger partial charge is 0.296 e. The van der Waals surface area contributed by atoms with E-state index < -0.39 is 29.2 Å². The summed E-state index contributed by atoms with van der Waals surface area (Å²) in [5.41, 5.74) is -2.17.